The maximum Gasteiger partial charge on any atom is 0.191 e. The van der Waals surface area contributed by atoms with E-state index in [9.17, 15) is 5.11 Å². The van der Waals surface area contributed by atoms with Crippen LogP contribution in [-0.4, -0.2) is 38.3 Å². The second kappa shape index (κ2) is 6.70. The molecule has 1 heterocycles. The van der Waals surface area contributed by atoms with Gasteiger partial charge in [0.2, 0.25) is 0 Å². The van der Waals surface area contributed by atoms with Crippen LogP contribution in [-0.2, 0) is 9.16 Å². The van der Waals surface area contributed by atoms with Gasteiger partial charge in [-0.15, -0.1) is 0 Å². The molecule has 1 saturated heterocycles. The van der Waals surface area contributed by atoms with Crippen LogP contribution in [0.25, 0.3) is 0 Å². The monoisotopic (exact) mass is 288 g/mol. The molecule has 0 aromatic heterocycles. The normalized spacial score (nSPS) is 30.2. The largest absolute Gasteiger partial charge is 0.417 e. The summed E-state index contributed by atoms with van der Waals surface area (Å²) in [6, 6.07) is 0. The average Bonchev–Trinajstić information content (AvgIpc) is 2.39. The Morgan fingerprint density at radius 1 is 1.26 bits per heavy atom. The number of hydrogen-bond acceptors (Lipinski definition) is 3. The lowest BCUT2D eigenvalue weighted by Gasteiger charge is -2.36. The van der Waals surface area contributed by atoms with Crippen LogP contribution in [0.5, 0.6) is 0 Å². The molecule has 0 saturated carbocycles. The predicted octanol–water partition coefficient (Wildman–Crippen LogP) is 3.72. The first-order chi connectivity index (χ1) is 8.63. The molecule has 0 aromatic rings. The third-order valence-electron chi connectivity index (χ3n) is 4.62. The van der Waals surface area contributed by atoms with Crippen molar-refractivity contribution in [2.45, 2.75) is 89.8 Å². The van der Waals surface area contributed by atoms with E-state index in [4.69, 9.17) is 9.16 Å². The van der Waals surface area contributed by atoms with Crippen molar-refractivity contribution >= 4 is 8.32 Å². The van der Waals surface area contributed by atoms with Gasteiger partial charge >= 0.3 is 0 Å². The van der Waals surface area contributed by atoms with Crippen LogP contribution in [0.3, 0.4) is 0 Å². The smallest absolute Gasteiger partial charge is 0.191 e. The molecule has 0 spiro atoms. The first-order valence-corrected chi connectivity index (χ1v) is 10.5. The van der Waals surface area contributed by atoms with E-state index in [1.54, 1.807) is 0 Å². The van der Waals surface area contributed by atoms with Crippen molar-refractivity contribution in [2.24, 2.45) is 0 Å². The van der Waals surface area contributed by atoms with Gasteiger partial charge in [-0.2, -0.15) is 0 Å². The Bertz CT molecular complexity index is 273. The van der Waals surface area contributed by atoms with Crippen molar-refractivity contribution in [3.8, 4) is 0 Å². The molecule has 0 amide bonds. The Labute approximate surface area is 119 Å². The first kappa shape index (κ1) is 17.1. The summed E-state index contributed by atoms with van der Waals surface area (Å²) in [5.74, 6) is 0. The number of aliphatic hydroxyl groups excluding tert-OH is 1. The standard InChI is InChI=1S/C15H32O3Si/c1-12-8-7-9-13(16)14(18-12)10-11-17-19(5,6)15(2,3)4/h12-14,16H,7-11H2,1-6H3/t12-,13-,14+/m0/s1. The van der Waals surface area contributed by atoms with E-state index in [1.807, 2.05) is 0 Å². The van der Waals surface area contributed by atoms with Crippen LogP contribution in [0.1, 0.15) is 53.4 Å². The quantitative estimate of drug-likeness (QED) is 0.801. The van der Waals surface area contributed by atoms with Gasteiger partial charge in [0.25, 0.3) is 0 Å². The first-order valence-electron chi connectivity index (χ1n) is 7.61. The lowest BCUT2D eigenvalue weighted by molar-refractivity contribution is -0.0666. The molecule has 1 aliphatic rings. The molecule has 1 aliphatic heterocycles. The fourth-order valence-corrected chi connectivity index (χ4v) is 3.23. The molecule has 1 rings (SSSR count). The minimum atomic E-state index is -1.68. The highest BCUT2D eigenvalue weighted by Gasteiger charge is 2.37. The molecule has 3 atom stereocenters. The zero-order chi connectivity index (χ0) is 14.7. The lowest BCUT2D eigenvalue weighted by atomic mass is 10.1. The highest BCUT2D eigenvalue weighted by atomic mass is 28.4. The maximum atomic E-state index is 10.1. The summed E-state index contributed by atoms with van der Waals surface area (Å²) in [6.07, 6.45) is 3.65. The Hall–Kier alpha value is 0.0969. The van der Waals surface area contributed by atoms with E-state index in [-0.39, 0.29) is 23.4 Å². The highest BCUT2D eigenvalue weighted by Crippen LogP contribution is 2.36. The van der Waals surface area contributed by atoms with E-state index in [2.05, 4.69) is 40.8 Å². The average molecular weight is 289 g/mol. The minimum absolute atomic E-state index is 0.0535. The molecule has 1 fully saturated rings. The van der Waals surface area contributed by atoms with Gasteiger partial charge in [0.05, 0.1) is 18.3 Å². The molecular weight excluding hydrogens is 256 g/mol. The fraction of sp³-hybridized carbons (Fsp3) is 1.00. The molecular formula is C15H32O3Si. The van der Waals surface area contributed by atoms with E-state index in [0.717, 1.165) is 25.7 Å². The minimum Gasteiger partial charge on any atom is -0.417 e. The Morgan fingerprint density at radius 2 is 1.89 bits per heavy atom. The fourth-order valence-electron chi connectivity index (χ4n) is 2.16. The summed E-state index contributed by atoms with van der Waals surface area (Å²) < 4.78 is 12.1. The Balaban J connectivity index is 2.43. The number of hydrogen-bond donors (Lipinski definition) is 1. The van der Waals surface area contributed by atoms with Gasteiger partial charge in [-0.3, -0.25) is 0 Å². The van der Waals surface area contributed by atoms with E-state index >= 15 is 0 Å². The molecule has 114 valence electrons. The highest BCUT2D eigenvalue weighted by molar-refractivity contribution is 6.74. The summed E-state index contributed by atoms with van der Waals surface area (Å²) in [5.41, 5.74) is 0. The van der Waals surface area contributed by atoms with Gasteiger partial charge < -0.3 is 14.3 Å². The van der Waals surface area contributed by atoms with Gasteiger partial charge in [0.15, 0.2) is 8.32 Å². The summed E-state index contributed by atoms with van der Waals surface area (Å²) in [5, 5.41) is 10.3. The van der Waals surface area contributed by atoms with Crippen LogP contribution in [0, 0.1) is 0 Å². The van der Waals surface area contributed by atoms with E-state index < -0.39 is 8.32 Å². The molecule has 19 heavy (non-hydrogen) atoms. The van der Waals surface area contributed by atoms with E-state index in [1.165, 1.54) is 0 Å². The zero-order valence-electron chi connectivity index (χ0n) is 13.5. The van der Waals surface area contributed by atoms with Gasteiger partial charge in [-0.25, -0.2) is 0 Å². The maximum absolute atomic E-state index is 10.1. The number of ether oxygens (including phenoxy) is 1. The van der Waals surface area contributed by atoms with E-state index in [0.29, 0.717) is 6.61 Å². The van der Waals surface area contributed by atoms with Crippen molar-refractivity contribution in [2.75, 3.05) is 6.61 Å². The number of aliphatic hydroxyl groups is 1. The van der Waals surface area contributed by atoms with Crippen molar-refractivity contribution in [1.29, 1.82) is 0 Å². The van der Waals surface area contributed by atoms with Crippen molar-refractivity contribution in [3.63, 3.8) is 0 Å². The summed E-state index contributed by atoms with van der Waals surface area (Å²) in [7, 11) is -1.68. The van der Waals surface area contributed by atoms with Crippen molar-refractivity contribution in [1.82, 2.24) is 0 Å². The summed E-state index contributed by atoms with van der Waals surface area (Å²) in [6.45, 7) is 14.1. The second-order valence-corrected chi connectivity index (χ2v) is 12.2. The number of rotatable bonds is 4. The van der Waals surface area contributed by atoms with Crippen LogP contribution in [0.2, 0.25) is 18.1 Å². The molecule has 0 aliphatic carbocycles. The van der Waals surface area contributed by atoms with Crippen LogP contribution in [0.4, 0.5) is 0 Å². The van der Waals surface area contributed by atoms with Gasteiger partial charge in [0, 0.05) is 6.61 Å². The van der Waals surface area contributed by atoms with Crippen LogP contribution < -0.4 is 0 Å². The van der Waals surface area contributed by atoms with Crippen LogP contribution >= 0.6 is 0 Å². The molecule has 0 radical (unpaired) electrons. The molecule has 4 heteroatoms. The Morgan fingerprint density at radius 3 is 2.47 bits per heavy atom. The van der Waals surface area contributed by atoms with Gasteiger partial charge in [0.1, 0.15) is 0 Å². The van der Waals surface area contributed by atoms with Crippen molar-refractivity contribution in [3.05, 3.63) is 0 Å². The third kappa shape index (κ3) is 5.18. The molecule has 0 bridgehead atoms. The molecule has 3 nitrogen and oxygen atoms in total. The SMILES string of the molecule is C[C@H]1CCC[C@H](O)[C@@H](CCO[Si](C)(C)C(C)(C)C)O1. The van der Waals surface area contributed by atoms with Crippen molar-refractivity contribution < 1.29 is 14.3 Å². The topological polar surface area (TPSA) is 38.7 Å². The molecule has 0 unspecified atom stereocenters. The van der Waals surface area contributed by atoms with Gasteiger partial charge in [-0.1, -0.05) is 20.8 Å². The Kier molecular flexibility index (Phi) is 6.05. The molecule has 0 aromatic carbocycles. The summed E-state index contributed by atoms with van der Waals surface area (Å²) >= 11 is 0. The zero-order valence-corrected chi connectivity index (χ0v) is 14.5. The van der Waals surface area contributed by atoms with Gasteiger partial charge in [-0.05, 0) is 50.7 Å². The summed E-state index contributed by atoms with van der Waals surface area (Å²) in [4.78, 5) is 0. The molecule has 1 N–H and O–H groups in total. The lowest BCUT2D eigenvalue weighted by Crippen LogP contribution is -2.42. The van der Waals surface area contributed by atoms with Crippen LogP contribution in [0.15, 0.2) is 0 Å². The third-order valence-corrected chi connectivity index (χ3v) is 9.16. The predicted molar refractivity (Wildman–Crippen MR) is 82.0 cm³/mol. The second-order valence-electron chi connectivity index (χ2n) is 7.38.